The molecule has 0 saturated carbocycles. The molecule has 0 spiro atoms. The Morgan fingerprint density at radius 2 is 2.00 bits per heavy atom. The summed E-state index contributed by atoms with van der Waals surface area (Å²) in [6.07, 6.45) is 0.318. The average Bonchev–Trinajstić information content (AvgIpc) is 2.19. The highest BCUT2D eigenvalue weighted by Gasteiger charge is 2.30. The lowest BCUT2D eigenvalue weighted by Crippen LogP contribution is -2.12. The summed E-state index contributed by atoms with van der Waals surface area (Å²) >= 11 is 0. The number of hydrogen-bond acceptors (Lipinski definition) is 2. The van der Waals surface area contributed by atoms with E-state index in [1.165, 1.54) is 13.2 Å². The maximum atomic E-state index is 13.3. The van der Waals surface area contributed by atoms with Crippen LogP contribution in [-0.2, 0) is 12.3 Å². The number of methoxy groups -OCH3 is 1. The first-order chi connectivity index (χ1) is 7.41. The molecule has 0 atom stereocenters. The van der Waals surface area contributed by atoms with Crippen LogP contribution in [0.25, 0.3) is 0 Å². The van der Waals surface area contributed by atoms with Crippen LogP contribution in [0.1, 0.15) is 23.6 Å². The van der Waals surface area contributed by atoms with Gasteiger partial charge in [0, 0.05) is 13.5 Å². The highest BCUT2D eigenvalue weighted by molar-refractivity contribution is 5.48. The van der Waals surface area contributed by atoms with E-state index in [2.05, 4.69) is 0 Å². The molecule has 0 aliphatic heterocycles. The fourth-order valence-corrected chi connectivity index (χ4v) is 1.73. The molecular formula is C12H16F2O2. The molecule has 90 valence electrons. The Balaban J connectivity index is 3.37. The number of hydrogen-bond donors (Lipinski definition) is 1. The van der Waals surface area contributed by atoms with E-state index in [-0.39, 0.29) is 17.9 Å². The van der Waals surface area contributed by atoms with Crippen molar-refractivity contribution in [3.63, 3.8) is 0 Å². The van der Waals surface area contributed by atoms with Gasteiger partial charge in [-0.1, -0.05) is 6.07 Å². The Hall–Kier alpha value is -1.16. The predicted molar refractivity (Wildman–Crippen MR) is 58.1 cm³/mol. The van der Waals surface area contributed by atoms with Crippen LogP contribution in [0.4, 0.5) is 8.78 Å². The van der Waals surface area contributed by atoms with Crippen molar-refractivity contribution < 1.29 is 18.6 Å². The second-order valence-corrected chi connectivity index (χ2v) is 3.80. The van der Waals surface area contributed by atoms with E-state index >= 15 is 0 Å². The molecule has 0 aliphatic carbocycles. The van der Waals surface area contributed by atoms with Crippen molar-refractivity contribution in [2.75, 3.05) is 13.7 Å². The molecule has 1 aromatic rings. The topological polar surface area (TPSA) is 29.5 Å². The van der Waals surface area contributed by atoms with Crippen LogP contribution in [0.15, 0.2) is 12.1 Å². The molecule has 4 heteroatoms. The molecule has 0 fully saturated rings. The molecule has 0 aromatic heterocycles. The van der Waals surface area contributed by atoms with E-state index in [9.17, 15) is 8.78 Å². The molecule has 0 saturated heterocycles. The van der Waals surface area contributed by atoms with Crippen LogP contribution in [0.2, 0.25) is 0 Å². The van der Waals surface area contributed by atoms with Crippen molar-refractivity contribution in [1.29, 1.82) is 0 Å². The third-order valence-electron chi connectivity index (χ3n) is 2.53. The number of alkyl halides is 2. The molecule has 0 aliphatic rings. The number of rotatable bonds is 4. The fourth-order valence-electron chi connectivity index (χ4n) is 1.73. The quantitative estimate of drug-likeness (QED) is 0.861. The molecule has 0 heterocycles. The van der Waals surface area contributed by atoms with E-state index in [0.29, 0.717) is 12.0 Å². The van der Waals surface area contributed by atoms with E-state index in [4.69, 9.17) is 9.84 Å². The summed E-state index contributed by atoms with van der Waals surface area (Å²) in [6.45, 7) is 2.56. The number of ether oxygens (including phenoxy) is 1. The normalized spacial score (nSPS) is 11.6. The Bertz CT molecular complexity index is 370. The highest BCUT2D eigenvalue weighted by atomic mass is 19.3. The van der Waals surface area contributed by atoms with Crippen molar-refractivity contribution in [3.8, 4) is 5.75 Å². The SMILES string of the molecule is COc1c(C(C)(F)F)ccc(C)c1CCO. The Morgan fingerprint density at radius 3 is 2.44 bits per heavy atom. The number of aliphatic hydroxyl groups excluding tert-OH is 1. The zero-order valence-electron chi connectivity index (χ0n) is 9.68. The van der Waals surface area contributed by atoms with Crippen LogP contribution in [-0.4, -0.2) is 18.8 Å². The first-order valence-electron chi connectivity index (χ1n) is 5.07. The first kappa shape index (κ1) is 12.9. The Morgan fingerprint density at radius 1 is 1.38 bits per heavy atom. The monoisotopic (exact) mass is 230 g/mol. The van der Waals surface area contributed by atoms with Crippen molar-refractivity contribution in [2.45, 2.75) is 26.2 Å². The highest BCUT2D eigenvalue weighted by Crippen LogP contribution is 2.38. The van der Waals surface area contributed by atoms with Gasteiger partial charge in [0.25, 0.3) is 5.92 Å². The fraction of sp³-hybridized carbons (Fsp3) is 0.500. The van der Waals surface area contributed by atoms with Crippen LogP contribution < -0.4 is 4.74 Å². The van der Waals surface area contributed by atoms with E-state index in [1.807, 2.05) is 6.92 Å². The summed E-state index contributed by atoms with van der Waals surface area (Å²) < 4.78 is 31.7. The molecule has 0 bridgehead atoms. The van der Waals surface area contributed by atoms with E-state index in [0.717, 1.165) is 12.5 Å². The predicted octanol–water partition coefficient (Wildman–Crippen LogP) is 2.65. The number of benzene rings is 1. The van der Waals surface area contributed by atoms with Crippen molar-refractivity contribution in [3.05, 3.63) is 28.8 Å². The van der Waals surface area contributed by atoms with Gasteiger partial charge in [0.15, 0.2) is 0 Å². The molecular weight excluding hydrogens is 214 g/mol. The zero-order chi connectivity index (χ0) is 12.3. The van der Waals surface area contributed by atoms with Gasteiger partial charge in [0.05, 0.1) is 12.7 Å². The summed E-state index contributed by atoms with van der Waals surface area (Å²) in [5, 5.41) is 8.91. The van der Waals surface area contributed by atoms with Crippen molar-refractivity contribution in [2.24, 2.45) is 0 Å². The molecule has 1 rings (SSSR count). The molecule has 0 amide bonds. The zero-order valence-corrected chi connectivity index (χ0v) is 9.68. The summed E-state index contributed by atoms with van der Waals surface area (Å²) in [7, 11) is 1.37. The third-order valence-corrected chi connectivity index (χ3v) is 2.53. The minimum atomic E-state index is -2.94. The third kappa shape index (κ3) is 2.50. The van der Waals surface area contributed by atoms with Gasteiger partial charge >= 0.3 is 0 Å². The standard InChI is InChI=1S/C12H16F2O2/c1-8-4-5-10(12(2,13)14)11(16-3)9(8)6-7-15/h4-5,15H,6-7H2,1-3H3. The summed E-state index contributed by atoms with van der Waals surface area (Å²) in [6, 6.07) is 3.00. The molecule has 16 heavy (non-hydrogen) atoms. The number of aryl methyl sites for hydroxylation is 1. The van der Waals surface area contributed by atoms with Gasteiger partial charge in [-0.25, -0.2) is 8.78 Å². The van der Waals surface area contributed by atoms with Crippen LogP contribution in [0, 0.1) is 6.92 Å². The summed E-state index contributed by atoms with van der Waals surface area (Å²) in [4.78, 5) is 0. The molecule has 1 N–H and O–H groups in total. The van der Waals surface area contributed by atoms with Crippen molar-refractivity contribution >= 4 is 0 Å². The van der Waals surface area contributed by atoms with E-state index < -0.39 is 5.92 Å². The average molecular weight is 230 g/mol. The van der Waals surface area contributed by atoms with Gasteiger partial charge in [0.1, 0.15) is 5.75 Å². The molecule has 0 radical (unpaired) electrons. The van der Waals surface area contributed by atoms with Crippen molar-refractivity contribution in [1.82, 2.24) is 0 Å². The first-order valence-corrected chi connectivity index (χ1v) is 5.07. The van der Waals surface area contributed by atoms with Crippen LogP contribution in [0.5, 0.6) is 5.75 Å². The summed E-state index contributed by atoms with van der Waals surface area (Å²) in [5.41, 5.74) is 1.35. The number of halogens is 2. The van der Waals surface area contributed by atoms with Gasteiger partial charge in [-0.2, -0.15) is 0 Å². The van der Waals surface area contributed by atoms with E-state index in [1.54, 1.807) is 6.07 Å². The molecule has 2 nitrogen and oxygen atoms in total. The van der Waals surface area contributed by atoms with Gasteiger partial charge in [-0.05, 0) is 30.5 Å². The minimum absolute atomic E-state index is 0.0874. The second kappa shape index (κ2) is 4.78. The maximum Gasteiger partial charge on any atom is 0.274 e. The van der Waals surface area contributed by atoms with Gasteiger partial charge in [0.2, 0.25) is 0 Å². The lowest BCUT2D eigenvalue weighted by molar-refractivity contribution is 0.0149. The summed E-state index contributed by atoms with van der Waals surface area (Å²) in [5.74, 6) is -2.76. The number of aliphatic hydroxyl groups is 1. The largest absolute Gasteiger partial charge is 0.496 e. The van der Waals surface area contributed by atoms with Gasteiger partial charge < -0.3 is 9.84 Å². The van der Waals surface area contributed by atoms with Crippen LogP contribution in [0.3, 0.4) is 0 Å². The van der Waals surface area contributed by atoms with Gasteiger partial charge in [-0.15, -0.1) is 0 Å². The molecule has 1 aromatic carbocycles. The Kier molecular flexibility index (Phi) is 3.86. The van der Waals surface area contributed by atoms with Gasteiger partial charge in [-0.3, -0.25) is 0 Å². The minimum Gasteiger partial charge on any atom is -0.496 e. The smallest absolute Gasteiger partial charge is 0.274 e. The lowest BCUT2D eigenvalue weighted by atomic mass is 9.98. The molecule has 0 unspecified atom stereocenters. The Labute approximate surface area is 93.9 Å². The lowest BCUT2D eigenvalue weighted by Gasteiger charge is -2.19. The maximum absolute atomic E-state index is 13.3. The van der Waals surface area contributed by atoms with Crippen LogP contribution >= 0.6 is 0 Å². The second-order valence-electron chi connectivity index (χ2n) is 3.80.